The Morgan fingerprint density at radius 2 is 1.63 bits per heavy atom. The number of carbonyl (C=O) groups is 3. The summed E-state index contributed by atoms with van der Waals surface area (Å²) in [5.74, 6) is -0.918. The molecule has 0 saturated heterocycles. The Balaban J connectivity index is 1.65. The molecule has 0 unspecified atom stereocenters. The zero-order valence-electron chi connectivity index (χ0n) is 20.3. The minimum Gasteiger partial charge on any atom is -0.482 e. The number of hydrogen-bond acceptors (Lipinski definition) is 7. The van der Waals surface area contributed by atoms with Crippen molar-refractivity contribution in [2.24, 2.45) is 0 Å². The molecule has 0 radical (unpaired) electrons. The number of esters is 2. The zero-order chi connectivity index (χ0) is 25.4. The highest BCUT2D eigenvalue weighted by Crippen LogP contribution is 2.40. The Hall–Kier alpha value is -3.65. The second-order valence-corrected chi connectivity index (χ2v) is 9.06. The number of para-hydroxylation sites is 1. The number of ether oxygens (including phenoxy) is 3. The number of amides is 1. The maximum atomic E-state index is 12.6. The molecular weight excluding hydrogens is 466 g/mol. The van der Waals surface area contributed by atoms with Gasteiger partial charge < -0.3 is 19.5 Å². The molecule has 0 fully saturated rings. The molecule has 2 aromatic carbocycles. The van der Waals surface area contributed by atoms with Crippen molar-refractivity contribution in [3.8, 4) is 16.2 Å². The largest absolute Gasteiger partial charge is 0.482 e. The van der Waals surface area contributed by atoms with Crippen molar-refractivity contribution in [2.45, 2.75) is 33.6 Å². The maximum absolute atomic E-state index is 12.6. The number of rotatable bonds is 10. The quantitative estimate of drug-likeness (QED) is 0.369. The lowest BCUT2D eigenvalue weighted by Gasteiger charge is -2.13. The summed E-state index contributed by atoms with van der Waals surface area (Å²) in [5.41, 5.74) is 2.91. The van der Waals surface area contributed by atoms with Crippen LogP contribution in [-0.2, 0) is 19.1 Å². The van der Waals surface area contributed by atoms with E-state index >= 15 is 0 Å². The van der Waals surface area contributed by atoms with Gasteiger partial charge in [0.2, 0.25) is 0 Å². The highest BCUT2D eigenvalue weighted by molar-refractivity contribution is 7.20. The van der Waals surface area contributed by atoms with Crippen LogP contribution >= 0.6 is 11.3 Å². The predicted molar refractivity (Wildman–Crippen MR) is 136 cm³/mol. The minimum absolute atomic E-state index is 0.208. The number of anilines is 1. The topological polar surface area (TPSA) is 90.9 Å². The summed E-state index contributed by atoms with van der Waals surface area (Å²) in [7, 11) is 0. The average Bonchev–Trinajstić information content (AvgIpc) is 3.17. The molecule has 0 aliphatic heterocycles. The molecule has 1 N–H and O–H groups in total. The fourth-order valence-corrected chi connectivity index (χ4v) is 4.71. The van der Waals surface area contributed by atoms with Crippen molar-refractivity contribution in [3.63, 3.8) is 0 Å². The molecule has 0 aliphatic rings. The first kappa shape index (κ1) is 26.0. The fraction of sp³-hybridized carbons (Fsp3) is 0.296. The van der Waals surface area contributed by atoms with E-state index in [-0.39, 0.29) is 19.1 Å². The Labute approximate surface area is 209 Å². The predicted octanol–water partition coefficient (Wildman–Crippen LogP) is 5.58. The normalized spacial score (nSPS) is 10.7. The summed E-state index contributed by atoms with van der Waals surface area (Å²) >= 11 is 1.27. The van der Waals surface area contributed by atoms with Crippen LogP contribution < -0.4 is 10.1 Å². The van der Waals surface area contributed by atoms with Crippen molar-refractivity contribution in [3.05, 3.63) is 71.3 Å². The summed E-state index contributed by atoms with van der Waals surface area (Å²) in [6.45, 7) is 6.98. The lowest BCUT2D eigenvalue weighted by molar-refractivity contribution is -0.149. The second kappa shape index (κ2) is 12.2. The van der Waals surface area contributed by atoms with Gasteiger partial charge in [-0.25, -0.2) is 9.59 Å². The van der Waals surface area contributed by atoms with Gasteiger partial charge in [0, 0.05) is 4.88 Å². The van der Waals surface area contributed by atoms with E-state index in [2.05, 4.69) is 5.32 Å². The molecule has 7 nitrogen and oxygen atoms in total. The second-order valence-electron chi connectivity index (χ2n) is 8.04. The third-order valence-electron chi connectivity index (χ3n) is 5.17. The Bertz CT molecular complexity index is 1190. The van der Waals surface area contributed by atoms with Crippen LogP contribution in [0.4, 0.5) is 5.00 Å². The van der Waals surface area contributed by atoms with E-state index in [9.17, 15) is 14.4 Å². The van der Waals surface area contributed by atoms with Gasteiger partial charge in [-0.3, -0.25) is 4.79 Å². The van der Waals surface area contributed by atoms with E-state index in [0.29, 0.717) is 21.9 Å². The van der Waals surface area contributed by atoms with Crippen LogP contribution in [0.3, 0.4) is 0 Å². The first-order valence-electron chi connectivity index (χ1n) is 11.3. The Kier molecular flexibility index (Phi) is 9.03. The lowest BCUT2D eigenvalue weighted by atomic mass is 10.0. The Morgan fingerprint density at radius 1 is 0.943 bits per heavy atom. The van der Waals surface area contributed by atoms with E-state index in [1.54, 1.807) is 13.0 Å². The van der Waals surface area contributed by atoms with Gasteiger partial charge >= 0.3 is 11.9 Å². The van der Waals surface area contributed by atoms with Gasteiger partial charge in [-0.05, 0) is 42.5 Å². The van der Waals surface area contributed by atoms with Gasteiger partial charge in [-0.15, -0.1) is 11.3 Å². The highest BCUT2D eigenvalue weighted by atomic mass is 32.1. The monoisotopic (exact) mass is 495 g/mol. The highest BCUT2D eigenvalue weighted by Gasteiger charge is 2.24. The van der Waals surface area contributed by atoms with E-state index in [1.165, 1.54) is 11.3 Å². The third-order valence-corrected chi connectivity index (χ3v) is 6.42. The molecule has 3 aromatic rings. The van der Waals surface area contributed by atoms with Gasteiger partial charge in [0.15, 0.2) is 13.2 Å². The van der Waals surface area contributed by atoms with Gasteiger partial charge in [-0.1, -0.05) is 62.4 Å². The van der Waals surface area contributed by atoms with E-state index < -0.39 is 24.5 Å². The summed E-state index contributed by atoms with van der Waals surface area (Å²) in [4.78, 5) is 38.2. The molecule has 1 heterocycles. The molecule has 3 rings (SSSR count). The number of nitrogens with one attached hydrogen (secondary N) is 1. The number of benzene rings is 2. The molecule has 0 saturated carbocycles. The molecule has 1 aromatic heterocycles. The lowest BCUT2D eigenvalue weighted by Crippen LogP contribution is -2.24. The van der Waals surface area contributed by atoms with E-state index in [1.807, 2.05) is 69.3 Å². The summed E-state index contributed by atoms with van der Waals surface area (Å²) in [5, 5.41) is 3.04. The zero-order valence-corrected chi connectivity index (χ0v) is 21.1. The van der Waals surface area contributed by atoms with Crippen LogP contribution in [0.2, 0.25) is 0 Å². The average molecular weight is 496 g/mol. The molecular formula is C27H29NO6S. The number of hydrogen-bond donors (Lipinski definition) is 1. The van der Waals surface area contributed by atoms with Crippen molar-refractivity contribution < 1.29 is 28.6 Å². The van der Waals surface area contributed by atoms with Crippen LogP contribution in [-0.4, -0.2) is 37.7 Å². The summed E-state index contributed by atoms with van der Waals surface area (Å²) in [6.07, 6.45) is 0. The Morgan fingerprint density at radius 3 is 2.31 bits per heavy atom. The standard InChI is InChI=1S/C27H29NO6S/c1-5-32-27(31)24-18(4)25(19-11-7-6-8-12-19)35-26(24)28-22(29)15-34-23(30)16-33-21-14-10-9-13-20(21)17(2)3/h6-14,17H,5,15-16H2,1-4H3,(H,28,29). The van der Waals surface area contributed by atoms with Crippen LogP contribution in [0.5, 0.6) is 5.75 Å². The SMILES string of the molecule is CCOC(=O)c1c(NC(=O)COC(=O)COc2ccccc2C(C)C)sc(-c2ccccc2)c1C. The third kappa shape index (κ3) is 6.70. The summed E-state index contributed by atoms with van der Waals surface area (Å²) < 4.78 is 15.9. The molecule has 1 amide bonds. The van der Waals surface area contributed by atoms with E-state index in [4.69, 9.17) is 14.2 Å². The fourth-order valence-electron chi connectivity index (χ4n) is 3.49. The molecule has 0 aliphatic carbocycles. The van der Waals surface area contributed by atoms with Crippen molar-refractivity contribution in [2.75, 3.05) is 25.1 Å². The minimum atomic E-state index is -0.670. The van der Waals surface area contributed by atoms with Crippen LogP contribution in [0, 0.1) is 6.92 Å². The van der Waals surface area contributed by atoms with E-state index in [0.717, 1.165) is 16.0 Å². The first-order valence-corrected chi connectivity index (χ1v) is 12.2. The number of thiophene rings is 1. The number of carbonyl (C=O) groups excluding carboxylic acids is 3. The van der Waals surface area contributed by atoms with Crippen molar-refractivity contribution in [1.82, 2.24) is 0 Å². The van der Waals surface area contributed by atoms with Crippen LogP contribution in [0.25, 0.3) is 10.4 Å². The molecule has 0 atom stereocenters. The van der Waals surface area contributed by atoms with Crippen LogP contribution in [0.1, 0.15) is 48.2 Å². The molecule has 8 heteroatoms. The molecule has 184 valence electrons. The van der Waals surface area contributed by atoms with Gasteiger partial charge in [0.25, 0.3) is 5.91 Å². The van der Waals surface area contributed by atoms with Crippen LogP contribution in [0.15, 0.2) is 54.6 Å². The molecule has 0 spiro atoms. The summed E-state index contributed by atoms with van der Waals surface area (Å²) in [6, 6.07) is 17.0. The van der Waals surface area contributed by atoms with Crippen molar-refractivity contribution in [1.29, 1.82) is 0 Å². The molecule has 35 heavy (non-hydrogen) atoms. The smallest absolute Gasteiger partial charge is 0.344 e. The van der Waals surface area contributed by atoms with Crippen molar-refractivity contribution >= 4 is 34.2 Å². The molecule has 0 bridgehead atoms. The van der Waals surface area contributed by atoms with Gasteiger partial charge in [0.05, 0.1) is 12.2 Å². The van der Waals surface area contributed by atoms with Gasteiger partial charge in [0.1, 0.15) is 10.8 Å². The first-order chi connectivity index (χ1) is 16.8. The maximum Gasteiger partial charge on any atom is 0.344 e. The van der Waals surface area contributed by atoms with Gasteiger partial charge in [-0.2, -0.15) is 0 Å².